The summed E-state index contributed by atoms with van der Waals surface area (Å²) in [6.45, 7) is 3.51. The van der Waals surface area contributed by atoms with E-state index in [9.17, 15) is 0 Å². The number of rotatable bonds is 5. The second-order valence-corrected chi connectivity index (χ2v) is 7.69. The summed E-state index contributed by atoms with van der Waals surface area (Å²) in [4.78, 5) is 7.16. The molecule has 5 heteroatoms. The Bertz CT molecular complexity index is 640. The summed E-state index contributed by atoms with van der Waals surface area (Å²) >= 11 is 1.67. The monoisotopic (exact) mass is 344 g/mol. The van der Waals surface area contributed by atoms with Crippen molar-refractivity contribution in [3.8, 4) is 11.3 Å². The van der Waals surface area contributed by atoms with Gasteiger partial charge < -0.3 is 16.0 Å². The molecule has 4 nitrogen and oxygen atoms in total. The number of nitrogens with zero attached hydrogens (tertiary/aromatic N) is 2. The van der Waals surface area contributed by atoms with Crippen molar-refractivity contribution in [1.82, 2.24) is 9.88 Å². The molecule has 1 atom stereocenters. The highest BCUT2D eigenvalue weighted by molar-refractivity contribution is 7.14. The molecule has 130 valence electrons. The number of nitrogens with one attached hydrogen (secondary N) is 1. The quantitative estimate of drug-likeness (QED) is 0.793. The highest BCUT2D eigenvalue weighted by Crippen LogP contribution is 2.26. The number of likely N-dealkylation sites (tertiary alicyclic amines) is 1. The lowest BCUT2D eigenvalue weighted by Gasteiger charge is -2.25. The molecule has 24 heavy (non-hydrogen) atoms. The Morgan fingerprint density at radius 1 is 1.29 bits per heavy atom. The molecule has 1 aromatic heterocycles. The van der Waals surface area contributed by atoms with E-state index in [0.717, 1.165) is 34.5 Å². The molecule has 0 spiro atoms. The third-order valence-corrected chi connectivity index (χ3v) is 5.64. The lowest BCUT2D eigenvalue weighted by Crippen LogP contribution is -2.26. The van der Waals surface area contributed by atoms with E-state index < -0.39 is 0 Å². The van der Waals surface area contributed by atoms with Gasteiger partial charge in [-0.1, -0.05) is 25.0 Å². The summed E-state index contributed by atoms with van der Waals surface area (Å²) in [5.74, 6) is 0.841. The Hall–Kier alpha value is -1.59. The van der Waals surface area contributed by atoms with Crippen molar-refractivity contribution in [3.63, 3.8) is 0 Å². The average molecular weight is 345 g/mol. The Labute approximate surface area is 149 Å². The fourth-order valence-corrected chi connectivity index (χ4v) is 4.08. The molecule has 0 aliphatic carbocycles. The predicted octanol–water partition coefficient (Wildman–Crippen LogP) is 4.32. The van der Waals surface area contributed by atoms with Crippen LogP contribution < -0.4 is 11.1 Å². The molecule has 3 N–H and O–H groups in total. The lowest BCUT2D eigenvalue weighted by atomic mass is 9.93. The van der Waals surface area contributed by atoms with Crippen LogP contribution in [0.1, 0.15) is 32.1 Å². The smallest absolute Gasteiger partial charge is 0.183 e. The molecule has 0 radical (unpaired) electrons. The number of thiazole rings is 1. The maximum atomic E-state index is 5.86. The van der Waals surface area contributed by atoms with E-state index in [-0.39, 0.29) is 0 Å². The summed E-state index contributed by atoms with van der Waals surface area (Å²) in [5, 5.41) is 6.62. The molecule has 1 unspecified atom stereocenters. The highest BCUT2D eigenvalue weighted by atomic mass is 32.1. The number of anilines is 2. The van der Waals surface area contributed by atoms with Crippen LogP contribution in [0.3, 0.4) is 0 Å². The first-order valence-corrected chi connectivity index (χ1v) is 9.82. The number of hydrogen-bond acceptors (Lipinski definition) is 5. The second-order valence-electron chi connectivity index (χ2n) is 6.83. The van der Waals surface area contributed by atoms with Crippen LogP contribution >= 0.6 is 11.3 Å². The topological polar surface area (TPSA) is 54.2 Å². The van der Waals surface area contributed by atoms with Crippen LogP contribution in [0.2, 0.25) is 0 Å². The number of nitrogen functional groups attached to an aromatic ring is 1. The zero-order chi connectivity index (χ0) is 16.8. The summed E-state index contributed by atoms with van der Waals surface area (Å²) in [5.41, 5.74) is 8.73. The summed E-state index contributed by atoms with van der Waals surface area (Å²) < 4.78 is 0. The molecular formula is C19H28N4S. The van der Waals surface area contributed by atoms with E-state index in [1.165, 1.54) is 45.2 Å². The molecule has 0 saturated carbocycles. The molecule has 2 aromatic rings. The first-order chi connectivity index (χ1) is 11.7. The van der Waals surface area contributed by atoms with Crippen LogP contribution in [-0.2, 0) is 0 Å². The zero-order valence-electron chi connectivity index (χ0n) is 14.5. The molecular weight excluding hydrogens is 316 g/mol. The molecule has 1 saturated heterocycles. The van der Waals surface area contributed by atoms with Crippen molar-refractivity contribution >= 4 is 22.2 Å². The molecule has 0 amide bonds. The average Bonchev–Trinajstić information content (AvgIpc) is 3.02. The third-order valence-electron chi connectivity index (χ3n) is 4.84. The van der Waals surface area contributed by atoms with Crippen LogP contribution in [0.25, 0.3) is 11.3 Å². The zero-order valence-corrected chi connectivity index (χ0v) is 15.3. The van der Waals surface area contributed by atoms with Crippen LogP contribution in [0.15, 0.2) is 29.6 Å². The molecule has 2 heterocycles. The minimum absolute atomic E-state index is 0.782. The number of nitrogens with two attached hydrogens (primary N) is 1. The number of aromatic nitrogens is 1. The first kappa shape index (κ1) is 17.2. The van der Waals surface area contributed by atoms with Gasteiger partial charge in [0.1, 0.15) is 0 Å². The molecule has 3 rings (SSSR count). The molecule has 1 aliphatic rings. The maximum absolute atomic E-state index is 5.86. The van der Waals surface area contributed by atoms with Gasteiger partial charge in [-0.25, -0.2) is 4.98 Å². The fraction of sp³-hybridized carbons (Fsp3) is 0.526. The van der Waals surface area contributed by atoms with Crippen LogP contribution in [-0.4, -0.2) is 36.6 Å². The van der Waals surface area contributed by atoms with E-state index in [0.29, 0.717) is 0 Å². The van der Waals surface area contributed by atoms with E-state index in [1.54, 1.807) is 11.3 Å². The molecule has 0 bridgehead atoms. The Morgan fingerprint density at radius 2 is 2.21 bits per heavy atom. The second kappa shape index (κ2) is 8.49. The van der Waals surface area contributed by atoms with Gasteiger partial charge in [0.15, 0.2) is 5.13 Å². The third kappa shape index (κ3) is 4.95. The van der Waals surface area contributed by atoms with Gasteiger partial charge in [0, 0.05) is 23.2 Å². The van der Waals surface area contributed by atoms with Gasteiger partial charge in [0.25, 0.3) is 0 Å². The van der Waals surface area contributed by atoms with E-state index >= 15 is 0 Å². The Morgan fingerprint density at radius 3 is 3.08 bits per heavy atom. The van der Waals surface area contributed by atoms with Crippen LogP contribution in [0.5, 0.6) is 0 Å². The predicted molar refractivity (Wildman–Crippen MR) is 105 cm³/mol. The summed E-state index contributed by atoms with van der Waals surface area (Å²) in [7, 11) is 2.24. The van der Waals surface area contributed by atoms with Crippen molar-refractivity contribution < 1.29 is 0 Å². The van der Waals surface area contributed by atoms with Gasteiger partial charge in [-0.3, -0.25) is 0 Å². The van der Waals surface area contributed by atoms with Gasteiger partial charge in [-0.05, 0) is 57.5 Å². The van der Waals surface area contributed by atoms with E-state index in [2.05, 4.69) is 28.7 Å². The molecule has 1 aliphatic heterocycles. The SMILES string of the molecule is CN1CCCCC(CCNc2nc(-c3cccc(N)c3)cs2)CC1. The molecule has 1 fully saturated rings. The number of hydrogen-bond donors (Lipinski definition) is 2. The lowest BCUT2D eigenvalue weighted by molar-refractivity contribution is 0.253. The largest absolute Gasteiger partial charge is 0.399 e. The summed E-state index contributed by atoms with van der Waals surface area (Å²) in [6.07, 6.45) is 6.65. The van der Waals surface area contributed by atoms with Crippen molar-refractivity contribution in [2.24, 2.45) is 5.92 Å². The summed E-state index contributed by atoms with van der Waals surface area (Å²) in [6, 6.07) is 7.91. The normalized spacial score (nSPS) is 19.6. The van der Waals surface area contributed by atoms with Crippen molar-refractivity contribution in [1.29, 1.82) is 0 Å². The van der Waals surface area contributed by atoms with Crippen LogP contribution in [0, 0.1) is 5.92 Å². The van der Waals surface area contributed by atoms with E-state index in [4.69, 9.17) is 10.7 Å². The highest BCUT2D eigenvalue weighted by Gasteiger charge is 2.13. The van der Waals surface area contributed by atoms with E-state index in [1.807, 2.05) is 18.2 Å². The van der Waals surface area contributed by atoms with Gasteiger partial charge in [-0.15, -0.1) is 11.3 Å². The standard InChI is InChI=1S/C19H28N4S/c1-23-11-3-2-5-15(9-12-23)8-10-21-19-22-18(14-24-19)16-6-4-7-17(20)13-16/h4,6-7,13-15H,2-3,5,8-12,20H2,1H3,(H,21,22). The van der Waals surface area contributed by atoms with Gasteiger partial charge >= 0.3 is 0 Å². The van der Waals surface area contributed by atoms with Crippen molar-refractivity contribution in [2.45, 2.75) is 32.1 Å². The first-order valence-electron chi connectivity index (χ1n) is 8.94. The number of benzene rings is 1. The van der Waals surface area contributed by atoms with Crippen molar-refractivity contribution in [3.05, 3.63) is 29.6 Å². The minimum Gasteiger partial charge on any atom is -0.399 e. The fourth-order valence-electron chi connectivity index (χ4n) is 3.33. The minimum atomic E-state index is 0.782. The van der Waals surface area contributed by atoms with Gasteiger partial charge in [0.2, 0.25) is 0 Å². The van der Waals surface area contributed by atoms with Gasteiger partial charge in [-0.2, -0.15) is 0 Å². The Balaban J connectivity index is 1.48. The Kier molecular flexibility index (Phi) is 6.10. The van der Waals surface area contributed by atoms with Gasteiger partial charge in [0.05, 0.1) is 5.69 Å². The molecule has 1 aromatic carbocycles. The van der Waals surface area contributed by atoms with Crippen molar-refractivity contribution in [2.75, 3.05) is 37.7 Å². The van der Waals surface area contributed by atoms with Crippen LogP contribution in [0.4, 0.5) is 10.8 Å². The maximum Gasteiger partial charge on any atom is 0.183 e.